The summed E-state index contributed by atoms with van der Waals surface area (Å²) in [5.74, 6) is -0.153. The Kier molecular flexibility index (Phi) is 8.26. The van der Waals surface area contributed by atoms with Crippen LogP contribution in [0.5, 0.6) is 0 Å². The van der Waals surface area contributed by atoms with Crippen molar-refractivity contribution >= 4 is 23.3 Å². The van der Waals surface area contributed by atoms with Crippen LogP contribution >= 0.6 is 0 Å². The second kappa shape index (κ2) is 10.7. The molecule has 2 N–H and O–H groups in total. The van der Waals surface area contributed by atoms with E-state index in [0.717, 1.165) is 30.5 Å². The van der Waals surface area contributed by atoms with Gasteiger partial charge in [-0.05, 0) is 43.7 Å². The Labute approximate surface area is 174 Å². The van der Waals surface area contributed by atoms with Crippen LogP contribution in [0.2, 0.25) is 0 Å². The maximum atomic E-state index is 13.1. The third kappa shape index (κ3) is 7.09. The number of amides is 3. The Morgan fingerprint density at radius 3 is 2.40 bits per heavy atom. The van der Waals surface area contributed by atoms with Crippen LogP contribution in [0.3, 0.4) is 0 Å². The number of nitrogens with one attached hydrogen (secondary N) is 2. The molecule has 0 spiro atoms. The van der Waals surface area contributed by atoms with Gasteiger partial charge in [0.15, 0.2) is 0 Å². The fraction of sp³-hybridized carbons (Fsp3) is 0.364. The lowest BCUT2D eigenvalue weighted by Crippen LogP contribution is -2.41. The summed E-state index contributed by atoms with van der Waals surface area (Å²) in [5.41, 5.74) is 0.782. The van der Waals surface area contributed by atoms with E-state index in [4.69, 9.17) is 0 Å². The fourth-order valence-corrected chi connectivity index (χ4v) is 2.76. The van der Waals surface area contributed by atoms with Gasteiger partial charge in [0.25, 0.3) is 0 Å². The monoisotopic (exact) mass is 421 g/mol. The molecule has 2 aromatic carbocycles. The van der Waals surface area contributed by atoms with Gasteiger partial charge in [0.1, 0.15) is 0 Å². The third-order valence-corrected chi connectivity index (χ3v) is 4.45. The number of hydrogen-bond donors (Lipinski definition) is 2. The largest absolute Gasteiger partial charge is 0.416 e. The van der Waals surface area contributed by atoms with Crippen molar-refractivity contribution < 1.29 is 22.8 Å². The number of urea groups is 1. The quantitative estimate of drug-likeness (QED) is 0.603. The van der Waals surface area contributed by atoms with Crippen molar-refractivity contribution in [3.63, 3.8) is 0 Å². The second-order valence-electron chi connectivity index (χ2n) is 6.95. The van der Waals surface area contributed by atoms with Crippen molar-refractivity contribution in [2.75, 3.05) is 23.3 Å². The first-order valence-corrected chi connectivity index (χ1v) is 9.80. The van der Waals surface area contributed by atoms with Crippen LogP contribution in [0, 0.1) is 6.92 Å². The van der Waals surface area contributed by atoms with Crippen LogP contribution in [0.4, 0.5) is 29.3 Å². The Bertz CT molecular complexity index is 851. The van der Waals surface area contributed by atoms with Gasteiger partial charge >= 0.3 is 12.2 Å². The van der Waals surface area contributed by atoms with Gasteiger partial charge in [-0.25, -0.2) is 4.79 Å². The molecule has 5 nitrogen and oxygen atoms in total. The Balaban J connectivity index is 2.18. The van der Waals surface area contributed by atoms with Crippen LogP contribution in [0.15, 0.2) is 48.5 Å². The molecule has 0 saturated carbocycles. The van der Waals surface area contributed by atoms with E-state index in [2.05, 4.69) is 10.6 Å². The Morgan fingerprint density at radius 1 is 1.07 bits per heavy atom. The van der Waals surface area contributed by atoms with Crippen LogP contribution in [0.1, 0.15) is 37.3 Å². The molecule has 0 aliphatic heterocycles. The molecule has 0 saturated heterocycles. The van der Waals surface area contributed by atoms with Gasteiger partial charge in [-0.2, -0.15) is 13.2 Å². The SMILES string of the molecule is CCCCC(=O)NCCN(C(=O)Nc1ccc(C)cc1)c1cccc(C(F)(F)F)c1. The molecule has 0 aliphatic rings. The van der Waals surface area contributed by atoms with E-state index in [-0.39, 0.29) is 24.7 Å². The Morgan fingerprint density at radius 2 is 1.77 bits per heavy atom. The normalized spacial score (nSPS) is 11.1. The van der Waals surface area contributed by atoms with Crippen LogP contribution in [0.25, 0.3) is 0 Å². The number of rotatable bonds is 8. The van der Waals surface area contributed by atoms with Crippen molar-refractivity contribution in [3.05, 3.63) is 59.7 Å². The zero-order valence-electron chi connectivity index (χ0n) is 17.1. The molecule has 0 unspecified atom stereocenters. The molecule has 0 aromatic heterocycles. The number of unbranched alkanes of at least 4 members (excludes halogenated alkanes) is 1. The second-order valence-corrected chi connectivity index (χ2v) is 6.95. The van der Waals surface area contributed by atoms with Crippen molar-refractivity contribution in [1.29, 1.82) is 0 Å². The summed E-state index contributed by atoms with van der Waals surface area (Å²) in [7, 11) is 0. The molecule has 2 aromatic rings. The van der Waals surface area contributed by atoms with E-state index >= 15 is 0 Å². The van der Waals surface area contributed by atoms with Gasteiger partial charge in [0.2, 0.25) is 5.91 Å². The maximum Gasteiger partial charge on any atom is 0.416 e. The minimum absolute atomic E-state index is 0.0247. The molecule has 8 heteroatoms. The molecule has 2 rings (SSSR count). The first kappa shape index (κ1) is 23.3. The summed E-state index contributed by atoms with van der Waals surface area (Å²) in [6, 6.07) is 11.0. The zero-order valence-corrected chi connectivity index (χ0v) is 17.1. The molecule has 0 bridgehead atoms. The highest BCUT2D eigenvalue weighted by atomic mass is 19.4. The zero-order chi connectivity index (χ0) is 22.1. The maximum absolute atomic E-state index is 13.1. The average molecular weight is 421 g/mol. The molecule has 0 atom stereocenters. The number of alkyl halides is 3. The fourth-order valence-electron chi connectivity index (χ4n) is 2.76. The number of hydrogen-bond acceptors (Lipinski definition) is 2. The van der Waals surface area contributed by atoms with Crippen LogP contribution in [-0.4, -0.2) is 25.0 Å². The van der Waals surface area contributed by atoms with E-state index in [1.54, 1.807) is 12.1 Å². The third-order valence-electron chi connectivity index (χ3n) is 4.45. The highest BCUT2D eigenvalue weighted by Crippen LogP contribution is 2.31. The smallest absolute Gasteiger partial charge is 0.354 e. The van der Waals surface area contributed by atoms with Crippen molar-refractivity contribution in [1.82, 2.24) is 5.32 Å². The predicted molar refractivity (Wildman–Crippen MR) is 112 cm³/mol. The Hall–Kier alpha value is -3.03. The standard InChI is InChI=1S/C22H26F3N3O2/c1-3-4-8-20(29)26-13-14-28(19-7-5-6-17(15-19)22(23,24)25)21(30)27-18-11-9-16(2)10-12-18/h5-7,9-12,15H,3-4,8,13-14H2,1-2H3,(H,26,29)(H,27,30). The van der Waals surface area contributed by atoms with E-state index in [1.807, 2.05) is 26.0 Å². The number of carbonyl (C=O) groups is 2. The average Bonchev–Trinajstić information content (AvgIpc) is 2.70. The first-order chi connectivity index (χ1) is 14.2. The molecule has 0 aliphatic carbocycles. The number of halogens is 3. The summed E-state index contributed by atoms with van der Waals surface area (Å²) in [6.45, 7) is 4.02. The number of aryl methyl sites for hydroxylation is 1. The molecule has 0 heterocycles. The van der Waals surface area contributed by atoms with Gasteiger partial charge in [-0.3, -0.25) is 9.69 Å². The summed E-state index contributed by atoms with van der Waals surface area (Å²) in [5, 5.41) is 5.40. The molecular weight excluding hydrogens is 395 g/mol. The van der Waals surface area contributed by atoms with E-state index in [0.29, 0.717) is 12.1 Å². The lowest BCUT2D eigenvalue weighted by Gasteiger charge is -2.24. The van der Waals surface area contributed by atoms with Gasteiger partial charge in [0.05, 0.1) is 5.56 Å². The van der Waals surface area contributed by atoms with Crippen LogP contribution < -0.4 is 15.5 Å². The number of carbonyl (C=O) groups excluding carboxylic acids is 2. The summed E-state index contributed by atoms with van der Waals surface area (Å²) in [6.07, 6.45) is -2.53. The number of nitrogens with zero attached hydrogens (tertiary/aromatic N) is 1. The van der Waals surface area contributed by atoms with Crippen molar-refractivity contribution in [2.24, 2.45) is 0 Å². The molecular formula is C22H26F3N3O2. The lowest BCUT2D eigenvalue weighted by molar-refractivity contribution is -0.137. The van der Waals surface area contributed by atoms with Gasteiger partial charge in [-0.15, -0.1) is 0 Å². The summed E-state index contributed by atoms with van der Waals surface area (Å²) >= 11 is 0. The minimum Gasteiger partial charge on any atom is -0.354 e. The number of anilines is 2. The predicted octanol–water partition coefficient (Wildman–Crippen LogP) is 5.36. The van der Waals surface area contributed by atoms with Gasteiger partial charge in [0, 0.05) is 30.9 Å². The lowest BCUT2D eigenvalue weighted by atomic mass is 10.2. The molecule has 0 radical (unpaired) electrons. The molecule has 0 fully saturated rings. The topological polar surface area (TPSA) is 61.4 Å². The van der Waals surface area contributed by atoms with Crippen LogP contribution in [-0.2, 0) is 11.0 Å². The van der Waals surface area contributed by atoms with Gasteiger partial charge in [-0.1, -0.05) is 37.1 Å². The van der Waals surface area contributed by atoms with E-state index in [9.17, 15) is 22.8 Å². The number of benzene rings is 2. The molecule has 162 valence electrons. The molecule has 3 amide bonds. The van der Waals surface area contributed by atoms with E-state index < -0.39 is 17.8 Å². The van der Waals surface area contributed by atoms with E-state index in [1.165, 1.54) is 17.0 Å². The molecule has 30 heavy (non-hydrogen) atoms. The highest BCUT2D eigenvalue weighted by Gasteiger charge is 2.31. The van der Waals surface area contributed by atoms with Gasteiger partial charge < -0.3 is 10.6 Å². The van der Waals surface area contributed by atoms with Crippen molar-refractivity contribution in [3.8, 4) is 0 Å². The first-order valence-electron chi connectivity index (χ1n) is 9.80. The van der Waals surface area contributed by atoms with Crippen molar-refractivity contribution in [2.45, 2.75) is 39.3 Å². The summed E-state index contributed by atoms with van der Waals surface area (Å²) < 4.78 is 39.4. The highest BCUT2D eigenvalue weighted by molar-refractivity contribution is 6.01. The minimum atomic E-state index is -4.52. The summed E-state index contributed by atoms with van der Waals surface area (Å²) in [4.78, 5) is 25.8.